The van der Waals surface area contributed by atoms with Crippen molar-refractivity contribution in [3.05, 3.63) is 65.5 Å². The van der Waals surface area contributed by atoms with Gasteiger partial charge in [-0.25, -0.2) is 4.39 Å². The molecular weight excluding hydrogens is 303 g/mol. The molecule has 4 nitrogen and oxygen atoms in total. The molecule has 0 radical (unpaired) electrons. The maximum absolute atomic E-state index is 12.8. The van der Waals surface area contributed by atoms with Gasteiger partial charge in [0.15, 0.2) is 0 Å². The van der Waals surface area contributed by atoms with Crippen molar-refractivity contribution in [1.29, 1.82) is 0 Å². The van der Waals surface area contributed by atoms with Crippen LogP contribution in [0.5, 0.6) is 0 Å². The quantitative estimate of drug-likeness (QED) is 0.673. The number of carbonyl (C=O) groups is 2. The summed E-state index contributed by atoms with van der Waals surface area (Å²) in [5.41, 5.74) is 5.81. The third-order valence-corrected chi connectivity index (χ3v) is 3.69. The third-order valence-electron chi connectivity index (χ3n) is 2.95. The summed E-state index contributed by atoms with van der Waals surface area (Å²) in [6.07, 6.45) is 2.01. The van der Waals surface area contributed by atoms with Crippen LogP contribution in [0.25, 0.3) is 0 Å². The van der Waals surface area contributed by atoms with Gasteiger partial charge < -0.3 is 0 Å². The molecule has 0 saturated heterocycles. The van der Waals surface area contributed by atoms with Crippen molar-refractivity contribution in [3.63, 3.8) is 0 Å². The molecule has 22 heavy (non-hydrogen) atoms. The van der Waals surface area contributed by atoms with Gasteiger partial charge >= 0.3 is 0 Å². The van der Waals surface area contributed by atoms with Gasteiger partial charge in [0, 0.05) is 10.5 Å². The average Bonchev–Trinajstić information content (AvgIpc) is 2.55. The Morgan fingerprint density at radius 1 is 1.00 bits per heavy atom. The number of rotatable bonds is 4. The lowest BCUT2D eigenvalue weighted by Crippen LogP contribution is -2.42. The number of benzene rings is 2. The van der Waals surface area contributed by atoms with Crippen LogP contribution in [-0.2, 0) is 11.2 Å². The van der Waals surface area contributed by atoms with Crippen molar-refractivity contribution in [2.45, 2.75) is 11.3 Å². The van der Waals surface area contributed by atoms with Crippen LogP contribution < -0.4 is 10.9 Å². The van der Waals surface area contributed by atoms with E-state index in [1.54, 1.807) is 23.9 Å². The Morgan fingerprint density at radius 3 is 2.23 bits per heavy atom. The summed E-state index contributed by atoms with van der Waals surface area (Å²) in [6, 6.07) is 12.7. The zero-order chi connectivity index (χ0) is 15.9. The number of nitrogens with one attached hydrogen (secondary N) is 2. The molecule has 0 aliphatic carbocycles. The lowest BCUT2D eigenvalue weighted by molar-refractivity contribution is -0.121. The van der Waals surface area contributed by atoms with E-state index in [0.717, 1.165) is 4.90 Å². The summed E-state index contributed by atoms with van der Waals surface area (Å²) in [6.45, 7) is 0. The molecule has 0 heterocycles. The zero-order valence-corrected chi connectivity index (χ0v) is 12.7. The maximum atomic E-state index is 12.8. The molecule has 6 heteroatoms. The number of halogens is 1. The second kappa shape index (κ2) is 7.61. The van der Waals surface area contributed by atoms with Crippen LogP contribution in [0.3, 0.4) is 0 Å². The second-order valence-electron chi connectivity index (χ2n) is 4.53. The van der Waals surface area contributed by atoms with Gasteiger partial charge in [0.1, 0.15) is 5.82 Å². The van der Waals surface area contributed by atoms with E-state index in [0.29, 0.717) is 11.1 Å². The van der Waals surface area contributed by atoms with Crippen molar-refractivity contribution in [2.24, 2.45) is 0 Å². The van der Waals surface area contributed by atoms with E-state index in [-0.39, 0.29) is 24.1 Å². The summed E-state index contributed by atoms with van der Waals surface area (Å²) in [5.74, 6) is -1.12. The summed E-state index contributed by atoms with van der Waals surface area (Å²) in [4.78, 5) is 24.6. The average molecular weight is 318 g/mol. The highest BCUT2D eigenvalue weighted by molar-refractivity contribution is 7.98. The van der Waals surface area contributed by atoms with Gasteiger partial charge in [-0.3, -0.25) is 20.4 Å². The topological polar surface area (TPSA) is 58.2 Å². The predicted octanol–water partition coefficient (Wildman–Crippen LogP) is 2.55. The van der Waals surface area contributed by atoms with Crippen LogP contribution >= 0.6 is 11.8 Å². The Bertz CT molecular complexity index is 657. The van der Waals surface area contributed by atoms with Gasteiger partial charge in [-0.1, -0.05) is 12.1 Å². The lowest BCUT2D eigenvalue weighted by atomic mass is 10.1. The monoisotopic (exact) mass is 318 g/mol. The first-order valence-electron chi connectivity index (χ1n) is 6.56. The van der Waals surface area contributed by atoms with E-state index in [2.05, 4.69) is 10.9 Å². The molecule has 2 aromatic rings. The molecule has 2 amide bonds. The normalized spacial score (nSPS) is 10.1. The Labute approximate surface area is 132 Å². The molecule has 0 spiro atoms. The van der Waals surface area contributed by atoms with E-state index in [4.69, 9.17) is 0 Å². The van der Waals surface area contributed by atoms with E-state index < -0.39 is 0 Å². The summed E-state index contributed by atoms with van der Waals surface area (Å²) >= 11 is 1.58. The van der Waals surface area contributed by atoms with Gasteiger partial charge in [0.05, 0.1) is 6.42 Å². The Balaban J connectivity index is 1.84. The zero-order valence-electron chi connectivity index (χ0n) is 11.9. The number of hydrogen-bond donors (Lipinski definition) is 2. The molecule has 2 rings (SSSR count). The van der Waals surface area contributed by atoms with Gasteiger partial charge in [0.25, 0.3) is 5.91 Å². The Morgan fingerprint density at radius 2 is 1.64 bits per heavy atom. The summed E-state index contributed by atoms with van der Waals surface area (Å²) in [5, 5.41) is 0. The highest BCUT2D eigenvalue weighted by Gasteiger charge is 2.08. The molecule has 2 N–H and O–H groups in total. The number of hydrogen-bond acceptors (Lipinski definition) is 3. The molecule has 0 aliphatic heterocycles. The standard InChI is InChI=1S/C16H15FN2O2S/c1-22-14-8-4-12(5-9-14)16(21)19-18-15(20)10-11-2-6-13(17)7-3-11/h2-9H,10H2,1H3,(H,18,20)(H,19,21). The molecule has 0 aromatic heterocycles. The first kappa shape index (κ1) is 16.0. The number of amides is 2. The van der Waals surface area contributed by atoms with Crippen LogP contribution in [0.15, 0.2) is 53.4 Å². The number of hydrazine groups is 1. The van der Waals surface area contributed by atoms with Crippen molar-refractivity contribution in [3.8, 4) is 0 Å². The van der Waals surface area contributed by atoms with Crippen LogP contribution in [-0.4, -0.2) is 18.1 Å². The summed E-state index contributed by atoms with van der Waals surface area (Å²) < 4.78 is 12.8. The minimum absolute atomic E-state index is 0.0615. The third kappa shape index (κ3) is 4.60. The molecule has 0 atom stereocenters. The lowest BCUT2D eigenvalue weighted by Gasteiger charge is -2.08. The van der Waals surface area contributed by atoms with E-state index >= 15 is 0 Å². The first-order valence-corrected chi connectivity index (χ1v) is 7.78. The number of thioether (sulfide) groups is 1. The molecule has 0 saturated carbocycles. The van der Waals surface area contributed by atoms with Crippen LogP contribution in [0.2, 0.25) is 0 Å². The molecule has 0 fully saturated rings. The van der Waals surface area contributed by atoms with Crippen molar-refractivity contribution in [2.75, 3.05) is 6.26 Å². The molecule has 0 aliphatic rings. The van der Waals surface area contributed by atoms with Gasteiger partial charge in [-0.15, -0.1) is 11.8 Å². The van der Waals surface area contributed by atoms with E-state index in [1.165, 1.54) is 24.3 Å². The number of carbonyl (C=O) groups excluding carboxylic acids is 2. The highest BCUT2D eigenvalue weighted by Crippen LogP contribution is 2.14. The predicted molar refractivity (Wildman–Crippen MR) is 83.9 cm³/mol. The van der Waals surface area contributed by atoms with Crippen LogP contribution in [0, 0.1) is 5.82 Å². The van der Waals surface area contributed by atoms with Crippen molar-refractivity contribution in [1.82, 2.24) is 10.9 Å². The van der Waals surface area contributed by atoms with Crippen molar-refractivity contribution >= 4 is 23.6 Å². The van der Waals surface area contributed by atoms with E-state index in [1.807, 2.05) is 18.4 Å². The van der Waals surface area contributed by atoms with Gasteiger partial charge in [-0.05, 0) is 48.2 Å². The van der Waals surface area contributed by atoms with Crippen LogP contribution in [0.1, 0.15) is 15.9 Å². The van der Waals surface area contributed by atoms with Crippen molar-refractivity contribution < 1.29 is 14.0 Å². The largest absolute Gasteiger partial charge is 0.273 e. The fraction of sp³-hybridized carbons (Fsp3) is 0.125. The minimum Gasteiger partial charge on any atom is -0.273 e. The molecule has 0 unspecified atom stereocenters. The van der Waals surface area contributed by atoms with Gasteiger partial charge in [0.2, 0.25) is 5.91 Å². The van der Waals surface area contributed by atoms with Crippen LogP contribution in [0.4, 0.5) is 4.39 Å². The van der Waals surface area contributed by atoms with Gasteiger partial charge in [-0.2, -0.15) is 0 Å². The Kier molecular flexibility index (Phi) is 5.55. The minimum atomic E-state index is -0.389. The first-order chi connectivity index (χ1) is 10.6. The molecule has 2 aromatic carbocycles. The highest BCUT2D eigenvalue weighted by atomic mass is 32.2. The molecule has 0 bridgehead atoms. The second-order valence-corrected chi connectivity index (χ2v) is 5.41. The fourth-order valence-electron chi connectivity index (χ4n) is 1.77. The molecule has 114 valence electrons. The SMILES string of the molecule is CSc1ccc(C(=O)NNC(=O)Cc2ccc(F)cc2)cc1. The Hall–Kier alpha value is -2.34. The van der Waals surface area contributed by atoms with E-state index in [9.17, 15) is 14.0 Å². The maximum Gasteiger partial charge on any atom is 0.269 e. The summed E-state index contributed by atoms with van der Waals surface area (Å²) in [7, 11) is 0. The fourth-order valence-corrected chi connectivity index (χ4v) is 2.18. The smallest absolute Gasteiger partial charge is 0.269 e. The molecular formula is C16H15FN2O2S.